The van der Waals surface area contributed by atoms with Crippen molar-refractivity contribution in [3.8, 4) is 0 Å². The molecule has 0 aliphatic heterocycles. The Morgan fingerprint density at radius 2 is 2.05 bits per heavy atom. The quantitative estimate of drug-likeness (QED) is 0.812. The van der Waals surface area contributed by atoms with Crippen LogP contribution < -0.4 is 0 Å². The molecule has 1 aliphatic carbocycles. The van der Waals surface area contributed by atoms with Crippen LogP contribution in [0.4, 0.5) is 0 Å². The van der Waals surface area contributed by atoms with Crippen LogP contribution in [0, 0.1) is 17.6 Å². The number of aryl methyl sites for hydroxylation is 1. The highest BCUT2D eigenvalue weighted by Crippen LogP contribution is 2.35. The van der Waals surface area contributed by atoms with E-state index in [2.05, 4.69) is 22.5 Å². The molecule has 0 spiro atoms. The average Bonchev–Trinajstić information content (AvgIpc) is 2.76. The van der Waals surface area contributed by atoms with Crippen molar-refractivity contribution in [1.82, 2.24) is 14.5 Å². The van der Waals surface area contributed by atoms with Gasteiger partial charge in [-0.1, -0.05) is 19.8 Å². The van der Waals surface area contributed by atoms with Crippen molar-refractivity contribution in [3.05, 3.63) is 22.6 Å². The van der Waals surface area contributed by atoms with Crippen molar-refractivity contribution < 1.29 is 0 Å². The van der Waals surface area contributed by atoms with Crippen LogP contribution in [0.25, 0.3) is 11.2 Å². The fourth-order valence-electron chi connectivity index (χ4n) is 3.53. The van der Waals surface area contributed by atoms with Crippen molar-refractivity contribution in [3.63, 3.8) is 0 Å². The Morgan fingerprint density at radius 1 is 1.30 bits per heavy atom. The molecule has 2 aromatic heterocycles. The highest BCUT2D eigenvalue weighted by molar-refractivity contribution is 7.71. The minimum Gasteiger partial charge on any atom is -0.329 e. The lowest BCUT2D eigenvalue weighted by atomic mass is 9.83. The lowest BCUT2D eigenvalue weighted by Gasteiger charge is -2.29. The Kier molecular flexibility index (Phi) is 3.92. The summed E-state index contributed by atoms with van der Waals surface area (Å²) in [6.07, 6.45) is 7.83. The lowest BCUT2D eigenvalue weighted by molar-refractivity contribution is 0.264. The lowest BCUT2D eigenvalue weighted by Crippen LogP contribution is -2.18. The second-order valence-electron chi connectivity index (χ2n) is 6.09. The SMILES string of the molecule is CCCC1CCC(n2c(=S)[nH]c3ccc(C)nc32)CC1. The number of imidazole rings is 1. The molecule has 0 radical (unpaired) electrons. The van der Waals surface area contributed by atoms with Crippen molar-refractivity contribution in [1.29, 1.82) is 0 Å². The molecule has 0 bridgehead atoms. The third kappa shape index (κ3) is 2.53. The monoisotopic (exact) mass is 289 g/mol. The summed E-state index contributed by atoms with van der Waals surface area (Å²) < 4.78 is 3.09. The van der Waals surface area contributed by atoms with Crippen molar-refractivity contribution >= 4 is 23.4 Å². The largest absolute Gasteiger partial charge is 0.329 e. The van der Waals surface area contributed by atoms with Gasteiger partial charge in [0.15, 0.2) is 10.4 Å². The van der Waals surface area contributed by atoms with Gasteiger partial charge in [-0.15, -0.1) is 0 Å². The van der Waals surface area contributed by atoms with E-state index < -0.39 is 0 Å². The zero-order valence-electron chi connectivity index (χ0n) is 12.4. The van der Waals surface area contributed by atoms with E-state index in [1.165, 1.54) is 38.5 Å². The summed E-state index contributed by atoms with van der Waals surface area (Å²) in [5.41, 5.74) is 3.16. The summed E-state index contributed by atoms with van der Waals surface area (Å²) in [6.45, 7) is 4.33. The van der Waals surface area contributed by atoms with Gasteiger partial charge in [0.05, 0.1) is 5.52 Å². The Hall–Kier alpha value is -1.16. The second kappa shape index (κ2) is 5.68. The number of H-pyrrole nitrogens is 1. The minimum absolute atomic E-state index is 0.527. The third-order valence-corrected chi connectivity index (χ3v) is 4.88. The Balaban J connectivity index is 1.89. The van der Waals surface area contributed by atoms with Gasteiger partial charge >= 0.3 is 0 Å². The van der Waals surface area contributed by atoms with Gasteiger partial charge in [0, 0.05) is 11.7 Å². The number of nitrogens with one attached hydrogen (secondary N) is 1. The molecule has 20 heavy (non-hydrogen) atoms. The Morgan fingerprint density at radius 3 is 2.75 bits per heavy atom. The van der Waals surface area contributed by atoms with Crippen LogP contribution in [0.5, 0.6) is 0 Å². The molecule has 0 saturated heterocycles. The maximum atomic E-state index is 5.53. The fraction of sp³-hybridized carbons (Fsp3) is 0.625. The molecule has 108 valence electrons. The van der Waals surface area contributed by atoms with Gasteiger partial charge < -0.3 is 4.98 Å². The van der Waals surface area contributed by atoms with E-state index in [1.54, 1.807) is 0 Å². The highest BCUT2D eigenvalue weighted by Gasteiger charge is 2.24. The van der Waals surface area contributed by atoms with Crippen LogP contribution in [-0.2, 0) is 0 Å². The molecule has 0 aromatic carbocycles. The number of hydrogen-bond acceptors (Lipinski definition) is 2. The van der Waals surface area contributed by atoms with Gasteiger partial charge in [-0.3, -0.25) is 4.57 Å². The average molecular weight is 289 g/mol. The van der Waals surface area contributed by atoms with Crippen LogP contribution in [-0.4, -0.2) is 14.5 Å². The van der Waals surface area contributed by atoms with E-state index in [9.17, 15) is 0 Å². The molecule has 2 aromatic rings. The molecule has 1 saturated carbocycles. The molecule has 0 unspecified atom stereocenters. The van der Waals surface area contributed by atoms with E-state index in [4.69, 9.17) is 17.2 Å². The molecular formula is C16H23N3S. The number of nitrogens with zero attached hydrogens (tertiary/aromatic N) is 2. The molecule has 1 N–H and O–H groups in total. The van der Waals surface area contributed by atoms with E-state index in [0.717, 1.165) is 27.5 Å². The molecule has 1 aliphatic rings. The zero-order chi connectivity index (χ0) is 14.1. The zero-order valence-corrected chi connectivity index (χ0v) is 13.2. The molecule has 1 fully saturated rings. The standard InChI is InChI=1S/C16H23N3S/c1-3-4-12-6-8-13(9-7-12)19-15-14(18-16(19)20)10-5-11(2)17-15/h5,10,12-13H,3-4,6-9H2,1-2H3,(H,18,20). The van der Waals surface area contributed by atoms with Crippen molar-refractivity contribution in [2.24, 2.45) is 5.92 Å². The summed E-state index contributed by atoms with van der Waals surface area (Å²) in [6, 6.07) is 4.65. The topological polar surface area (TPSA) is 33.6 Å². The molecule has 3 rings (SSSR count). The number of fused-ring (bicyclic) bond motifs is 1. The van der Waals surface area contributed by atoms with Crippen LogP contribution in [0.1, 0.15) is 57.2 Å². The second-order valence-corrected chi connectivity index (χ2v) is 6.47. The molecule has 2 heterocycles. The number of pyridine rings is 1. The molecule has 0 atom stereocenters. The third-order valence-electron chi connectivity index (χ3n) is 4.58. The molecular weight excluding hydrogens is 266 g/mol. The Bertz CT molecular complexity index is 647. The first-order valence-corrected chi connectivity index (χ1v) is 8.17. The van der Waals surface area contributed by atoms with Crippen molar-refractivity contribution in [2.75, 3.05) is 0 Å². The number of rotatable bonds is 3. The predicted octanol–water partition coefficient (Wildman–Crippen LogP) is 4.93. The Labute approximate surface area is 125 Å². The predicted molar refractivity (Wildman–Crippen MR) is 85.6 cm³/mol. The smallest absolute Gasteiger partial charge is 0.179 e. The maximum absolute atomic E-state index is 5.53. The van der Waals surface area contributed by atoms with E-state index >= 15 is 0 Å². The van der Waals surface area contributed by atoms with E-state index in [1.807, 2.05) is 13.0 Å². The normalized spacial score (nSPS) is 23.3. The first-order valence-electron chi connectivity index (χ1n) is 7.77. The summed E-state index contributed by atoms with van der Waals surface area (Å²) in [4.78, 5) is 8.00. The van der Waals surface area contributed by atoms with Gasteiger partial charge in [0.2, 0.25) is 0 Å². The van der Waals surface area contributed by atoms with Crippen LogP contribution >= 0.6 is 12.2 Å². The summed E-state index contributed by atoms with van der Waals surface area (Å²) in [7, 11) is 0. The van der Waals surface area contributed by atoms with E-state index in [0.29, 0.717) is 6.04 Å². The summed E-state index contributed by atoms with van der Waals surface area (Å²) >= 11 is 5.53. The van der Waals surface area contributed by atoms with Gasteiger partial charge in [-0.25, -0.2) is 4.98 Å². The maximum Gasteiger partial charge on any atom is 0.179 e. The molecule has 0 amide bonds. The number of aromatic nitrogens is 3. The summed E-state index contributed by atoms with van der Waals surface area (Å²) in [5, 5.41) is 0. The first kappa shape index (κ1) is 13.8. The molecule has 3 nitrogen and oxygen atoms in total. The first-order chi connectivity index (χ1) is 9.69. The van der Waals surface area contributed by atoms with E-state index in [-0.39, 0.29) is 0 Å². The minimum atomic E-state index is 0.527. The van der Waals surface area contributed by atoms with Gasteiger partial charge in [-0.2, -0.15) is 0 Å². The highest BCUT2D eigenvalue weighted by atomic mass is 32.1. The fourth-order valence-corrected chi connectivity index (χ4v) is 3.88. The van der Waals surface area contributed by atoms with Crippen molar-refractivity contribution in [2.45, 2.75) is 58.4 Å². The van der Waals surface area contributed by atoms with Crippen LogP contribution in [0.15, 0.2) is 12.1 Å². The van der Waals surface area contributed by atoms with Gasteiger partial charge in [0.25, 0.3) is 0 Å². The number of aromatic amines is 1. The van der Waals surface area contributed by atoms with Crippen LogP contribution in [0.3, 0.4) is 0 Å². The van der Waals surface area contributed by atoms with Gasteiger partial charge in [-0.05, 0) is 62.9 Å². The van der Waals surface area contributed by atoms with Gasteiger partial charge in [0.1, 0.15) is 0 Å². The molecule has 4 heteroatoms. The summed E-state index contributed by atoms with van der Waals surface area (Å²) in [5.74, 6) is 0.922. The number of hydrogen-bond donors (Lipinski definition) is 1. The van der Waals surface area contributed by atoms with Crippen LogP contribution in [0.2, 0.25) is 0 Å².